The maximum absolute atomic E-state index is 13.6. The van der Waals surface area contributed by atoms with Crippen LogP contribution >= 0.6 is 0 Å². The molecule has 1 heterocycles. The molecule has 29 heavy (non-hydrogen) atoms. The van der Waals surface area contributed by atoms with E-state index in [9.17, 15) is 9.59 Å². The lowest BCUT2D eigenvalue weighted by molar-refractivity contribution is -0.143. The van der Waals surface area contributed by atoms with Gasteiger partial charge in [-0.3, -0.25) is 9.69 Å². The second-order valence-corrected chi connectivity index (χ2v) is 8.08. The standard InChI is InChI=1S/C24H30N2O3/c1-19(2)25(17-20-11-6-4-7-12-20)22(27)24(3)15-10-16-26(24)23(28)29-18-21-13-8-5-9-14-21/h4-9,11-14,19H,10,15-18H2,1-3H3. The fourth-order valence-corrected chi connectivity index (χ4v) is 3.85. The molecule has 0 N–H and O–H groups in total. The van der Waals surface area contributed by atoms with Gasteiger partial charge in [0.25, 0.3) is 0 Å². The van der Waals surface area contributed by atoms with E-state index in [0.717, 1.165) is 17.5 Å². The molecule has 0 bridgehead atoms. The van der Waals surface area contributed by atoms with Crippen molar-refractivity contribution < 1.29 is 14.3 Å². The number of carbonyl (C=O) groups is 2. The van der Waals surface area contributed by atoms with Gasteiger partial charge >= 0.3 is 6.09 Å². The zero-order valence-corrected chi connectivity index (χ0v) is 17.5. The maximum Gasteiger partial charge on any atom is 0.410 e. The largest absolute Gasteiger partial charge is 0.445 e. The topological polar surface area (TPSA) is 49.9 Å². The molecule has 5 nitrogen and oxygen atoms in total. The molecule has 5 heteroatoms. The smallest absolute Gasteiger partial charge is 0.410 e. The van der Waals surface area contributed by atoms with Crippen molar-refractivity contribution in [2.24, 2.45) is 0 Å². The Labute approximate surface area is 173 Å². The highest BCUT2D eigenvalue weighted by Crippen LogP contribution is 2.33. The molecule has 1 atom stereocenters. The highest BCUT2D eigenvalue weighted by Gasteiger charge is 2.48. The SMILES string of the molecule is CC(C)N(Cc1ccccc1)C(=O)C1(C)CCCN1C(=O)OCc1ccccc1. The molecule has 1 aliphatic rings. The molecule has 0 radical (unpaired) electrons. The second kappa shape index (κ2) is 9.12. The Morgan fingerprint density at radius 3 is 2.21 bits per heavy atom. The third kappa shape index (κ3) is 4.78. The van der Waals surface area contributed by atoms with Crippen LogP contribution in [-0.2, 0) is 22.7 Å². The Balaban J connectivity index is 1.73. The van der Waals surface area contributed by atoms with Crippen LogP contribution in [0.2, 0.25) is 0 Å². The van der Waals surface area contributed by atoms with E-state index in [4.69, 9.17) is 4.74 Å². The fraction of sp³-hybridized carbons (Fsp3) is 0.417. The number of hydrogen-bond donors (Lipinski definition) is 0. The van der Waals surface area contributed by atoms with Crippen LogP contribution in [0.4, 0.5) is 4.79 Å². The number of rotatable bonds is 6. The van der Waals surface area contributed by atoms with Crippen molar-refractivity contribution in [3.8, 4) is 0 Å². The minimum atomic E-state index is -0.882. The number of carbonyl (C=O) groups excluding carboxylic acids is 2. The van der Waals surface area contributed by atoms with Crippen molar-refractivity contribution in [2.45, 2.75) is 58.3 Å². The average Bonchev–Trinajstić information content (AvgIpc) is 3.14. The molecule has 1 unspecified atom stereocenters. The van der Waals surface area contributed by atoms with Crippen LogP contribution in [-0.4, -0.2) is 39.9 Å². The van der Waals surface area contributed by atoms with E-state index in [1.807, 2.05) is 86.3 Å². The second-order valence-electron chi connectivity index (χ2n) is 8.08. The molecule has 2 amide bonds. The first-order valence-corrected chi connectivity index (χ1v) is 10.2. The summed E-state index contributed by atoms with van der Waals surface area (Å²) in [5.41, 5.74) is 1.13. The highest BCUT2D eigenvalue weighted by atomic mass is 16.6. The lowest BCUT2D eigenvalue weighted by Crippen LogP contribution is -2.57. The Hall–Kier alpha value is -2.82. The zero-order chi connectivity index (χ0) is 20.9. The average molecular weight is 395 g/mol. The molecule has 1 fully saturated rings. The summed E-state index contributed by atoms with van der Waals surface area (Å²) in [6, 6.07) is 19.6. The summed E-state index contributed by atoms with van der Waals surface area (Å²) < 4.78 is 5.53. The molecule has 3 rings (SSSR count). The van der Waals surface area contributed by atoms with Gasteiger partial charge in [-0.25, -0.2) is 4.79 Å². The molecule has 0 aliphatic carbocycles. The van der Waals surface area contributed by atoms with E-state index in [-0.39, 0.29) is 18.6 Å². The molecule has 1 saturated heterocycles. The maximum atomic E-state index is 13.6. The number of benzene rings is 2. The van der Waals surface area contributed by atoms with Gasteiger partial charge < -0.3 is 9.64 Å². The van der Waals surface area contributed by atoms with Gasteiger partial charge in [0.1, 0.15) is 12.1 Å². The van der Waals surface area contributed by atoms with E-state index < -0.39 is 11.6 Å². The van der Waals surface area contributed by atoms with Gasteiger partial charge in [0.05, 0.1) is 0 Å². The van der Waals surface area contributed by atoms with Crippen LogP contribution < -0.4 is 0 Å². The summed E-state index contributed by atoms with van der Waals surface area (Å²) in [6.45, 7) is 7.16. The molecule has 0 aromatic heterocycles. The molecule has 2 aromatic carbocycles. The van der Waals surface area contributed by atoms with Gasteiger partial charge in [0.2, 0.25) is 5.91 Å². The minimum Gasteiger partial charge on any atom is -0.445 e. The zero-order valence-electron chi connectivity index (χ0n) is 17.5. The summed E-state index contributed by atoms with van der Waals surface area (Å²) in [6.07, 6.45) is 1.01. The number of amides is 2. The number of ether oxygens (including phenoxy) is 1. The Bertz CT molecular complexity index is 823. The van der Waals surface area contributed by atoms with Crippen molar-refractivity contribution in [1.29, 1.82) is 0 Å². The van der Waals surface area contributed by atoms with Crippen molar-refractivity contribution in [3.63, 3.8) is 0 Å². The first-order valence-electron chi connectivity index (χ1n) is 10.2. The van der Waals surface area contributed by atoms with Crippen LogP contribution in [0.3, 0.4) is 0 Å². The van der Waals surface area contributed by atoms with Crippen molar-refractivity contribution in [3.05, 3.63) is 71.8 Å². The molecular formula is C24H30N2O3. The van der Waals surface area contributed by atoms with Crippen molar-refractivity contribution in [2.75, 3.05) is 6.54 Å². The summed E-state index contributed by atoms with van der Waals surface area (Å²) in [5, 5.41) is 0. The van der Waals surface area contributed by atoms with E-state index in [1.165, 1.54) is 0 Å². The molecule has 154 valence electrons. The summed E-state index contributed by atoms with van der Waals surface area (Å²) in [5.74, 6) is -0.0227. The summed E-state index contributed by atoms with van der Waals surface area (Å²) in [7, 11) is 0. The van der Waals surface area contributed by atoms with E-state index in [0.29, 0.717) is 19.5 Å². The first kappa shape index (κ1) is 20.9. The number of likely N-dealkylation sites (tertiary alicyclic amines) is 1. The van der Waals surface area contributed by atoms with Gasteiger partial charge in [-0.1, -0.05) is 60.7 Å². The Morgan fingerprint density at radius 1 is 1.03 bits per heavy atom. The van der Waals surface area contributed by atoms with Crippen LogP contribution in [0.15, 0.2) is 60.7 Å². The van der Waals surface area contributed by atoms with Crippen molar-refractivity contribution >= 4 is 12.0 Å². The molecule has 1 aliphatic heterocycles. The Morgan fingerprint density at radius 2 is 1.62 bits per heavy atom. The lowest BCUT2D eigenvalue weighted by atomic mass is 9.96. The van der Waals surface area contributed by atoms with E-state index in [2.05, 4.69) is 0 Å². The predicted octanol–water partition coefficient (Wildman–Crippen LogP) is 4.61. The molecule has 0 saturated carbocycles. The third-order valence-electron chi connectivity index (χ3n) is 5.61. The minimum absolute atomic E-state index is 0.0227. The number of nitrogens with zero attached hydrogens (tertiary/aromatic N) is 2. The predicted molar refractivity (Wildman–Crippen MR) is 113 cm³/mol. The Kier molecular flexibility index (Phi) is 6.57. The summed E-state index contributed by atoms with van der Waals surface area (Å²) >= 11 is 0. The van der Waals surface area contributed by atoms with E-state index >= 15 is 0 Å². The van der Waals surface area contributed by atoms with Gasteiger partial charge in [-0.05, 0) is 44.7 Å². The van der Waals surface area contributed by atoms with Crippen LogP contribution in [0.5, 0.6) is 0 Å². The highest BCUT2D eigenvalue weighted by molar-refractivity contribution is 5.90. The first-order chi connectivity index (χ1) is 13.9. The van der Waals surface area contributed by atoms with Gasteiger partial charge in [0.15, 0.2) is 0 Å². The van der Waals surface area contributed by atoms with Crippen molar-refractivity contribution in [1.82, 2.24) is 9.80 Å². The normalized spacial score (nSPS) is 18.7. The van der Waals surface area contributed by atoms with Gasteiger partial charge in [-0.15, -0.1) is 0 Å². The molecule has 2 aromatic rings. The van der Waals surface area contributed by atoms with E-state index in [1.54, 1.807) is 4.90 Å². The monoisotopic (exact) mass is 394 g/mol. The third-order valence-corrected chi connectivity index (χ3v) is 5.61. The molecule has 0 spiro atoms. The van der Waals surface area contributed by atoms with Gasteiger partial charge in [-0.2, -0.15) is 0 Å². The quantitative estimate of drug-likeness (QED) is 0.719. The van der Waals surface area contributed by atoms with Crippen LogP contribution in [0, 0.1) is 0 Å². The number of hydrogen-bond acceptors (Lipinski definition) is 3. The summed E-state index contributed by atoms with van der Waals surface area (Å²) in [4.78, 5) is 29.9. The van der Waals surface area contributed by atoms with Crippen LogP contribution in [0.25, 0.3) is 0 Å². The lowest BCUT2D eigenvalue weighted by Gasteiger charge is -2.39. The molecular weight excluding hydrogens is 364 g/mol. The van der Waals surface area contributed by atoms with Crippen LogP contribution in [0.1, 0.15) is 44.7 Å². The van der Waals surface area contributed by atoms with Gasteiger partial charge in [0, 0.05) is 19.1 Å². The fourth-order valence-electron chi connectivity index (χ4n) is 3.85.